The summed E-state index contributed by atoms with van der Waals surface area (Å²) in [5.74, 6) is 0.940. The van der Waals surface area contributed by atoms with E-state index in [9.17, 15) is 0 Å². The van der Waals surface area contributed by atoms with E-state index in [1.807, 2.05) is 0 Å². The van der Waals surface area contributed by atoms with Crippen LogP contribution in [-0.4, -0.2) is 0 Å². The first-order valence-electron chi connectivity index (χ1n) is 26.1. The molecule has 2 aromatic heterocycles. The fraction of sp³-hybridized carbons (Fsp3) is 0.224. The maximum absolute atomic E-state index is 7.22. The topological polar surface area (TPSA) is 32.8 Å². The molecule has 4 nitrogen and oxygen atoms in total. The molecule has 14 rings (SSSR count). The maximum Gasteiger partial charge on any atom is 0.159 e. The quantitative estimate of drug-likeness (QED) is 0.142. The van der Waals surface area contributed by atoms with Crippen molar-refractivity contribution in [2.24, 2.45) is 0 Å². The van der Waals surface area contributed by atoms with Crippen LogP contribution in [0.3, 0.4) is 0 Å². The normalized spacial score (nSPS) is 15.0. The zero-order valence-corrected chi connectivity index (χ0v) is 41.2. The Hall–Kier alpha value is -7.56. The van der Waals surface area contributed by atoms with E-state index in [2.05, 4.69) is 207 Å². The van der Waals surface area contributed by atoms with Crippen molar-refractivity contribution in [2.75, 3.05) is 9.80 Å². The summed E-state index contributed by atoms with van der Waals surface area (Å²) in [6.07, 6.45) is 9.83. The third-order valence-electron chi connectivity index (χ3n) is 16.5. The van der Waals surface area contributed by atoms with Crippen LogP contribution in [0.2, 0.25) is 0 Å². The van der Waals surface area contributed by atoms with Crippen molar-refractivity contribution in [1.29, 1.82) is 0 Å². The van der Waals surface area contributed by atoms with E-state index in [4.69, 9.17) is 8.83 Å². The van der Waals surface area contributed by atoms with Crippen LogP contribution in [0.25, 0.3) is 76.2 Å². The summed E-state index contributed by atoms with van der Waals surface area (Å²) < 4.78 is 14.2. The molecule has 2 aliphatic rings. The van der Waals surface area contributed by atoms with E-state index in [0.29, 0.717) is 11.8 Å². The molecule has 2 fully saturated rings. The number of aryl methyl sites for hydroxylation is 1. The van der Waals surface area contributed by atoms with Gasteiger partial charge in [0.2, 0.25) is 0 Å². The van der Waals surface area contributed by atoms with Crippen LogP contribution in [-0.2, 0) is 5.41 Å². The van der Waals surface area contributed by atoms with Crippen LogP contribution in [0.5, 0.6) is 0 Å². The Bertz CT molecular complexity index is 4010. The molecule has 0 unspecified atom stereocenters. The Kier molecular flexibility index (Phi) is 9.69. The number of fused-ring (bicyclic) bond motifs is 6. The molecule has 2 heterocycles. The third-order valence-corrected chi connectivity index (χ3v) is 16.5. The average Bonchev–Trinajstić information content (AvgIpc) is 4.25. The Morgan fingerprint density at radius 1 is 0.380 bits per heavy atom. The molecule has 4 heteroatoms. The second-order valence-electron chi connectivity index (χ2n) is 21.7. The summed E-state index contributed by atoms with van der Waals surface area (Å²) in [5.41, 5.74) is 15.7. The number of anilines is 6. The molecule has 10 aromatic carbocycles. The van der Waals surface area contributed by atoms with Gasteiger partial charge in [-0.25, -0.2) is 0 Å². The molecular weight excluding hydrogens is 865 g/mol. The first-order chi connectivity index (χ1) is 34.8. The molecule has 0 N–H and O–H groups in total. The van der Waals surface area contributed by atoms with Gasteiger partial charge < -0.3 is 18.6 Å². The van der Waals surface area contributed by atoms with Crippen LogP contribution >= 0.6 is 0 Å². The Morgan fingerprint density at radius 3 is 1.27 bits per heavy atom. The lowest BCUT2D eigenvalue weighted by Gasteiger charge is -2.32. The monoisotopic (exact) mass is 922 g/mol. The minimum atomic E-state index is -0.0845. The van der Waals surface area contributed by atoms with Gasteiger partial charge in [-0.1, -0.05) is 168 Å². The van der Waals surface area contributed by atoms with E-state index >= 15 is 0 Å². The van der Waals surface area contributed by atoms with Gasteiger partial charge in [0.05, 0.1) is 22.7 Å². The molecule has 0 bridgehead atoms. The van der Waals surface area contributed by atoms with Gasteiger partial charge in [-0.15, -0.1) is 0 Å². The maximum atomic E-state index is 7.22. The molecule has 12 aromatic rings. The second-order valence-corrected chi connectivity index (χ2v) is 21.7. The summed E-state index contributed by atoms with van der Waals surface area (Å²) in [6, 6.07) is 63.6. The number of para-hydroxylation sites is 6. The fourth-order valence-corrected chi connectivity index (χ4v) is 13.2. The zero-order valence-electron chi connectivity index (χ0n) is 41.2. The predicted octanol–water partition coefficient (Wildman–Crippen LogP) is 20.2. The SMILES string of the molecule is Cc1cccc2c1oc1c(N(c3ccccc3)c3cc(C4CCCC4)c4ccc5c(N(c6ccccc6)c6cccc7c6oc6c(C(C)(C)C)cccc67)cc(C6CCCC6)c6ccc3c4c65)cccc12. The van der Waals surface area contributed by atoms with Crippen LogP contribution in [0.4, 0.5) is 34.1 Å². The lowest BCUT2D eigenvalue weighted by atomic mass is 9.82. The zero-order chi connectivity index (χ0) is 47.5. The number of rotatable bonds is 8. The van der Waals surface area contributed by atoms with Gasteiger partial charge in [-0.2, -0.15) is 0 Å². The van der Waals surface area contributed by atoms with Crippen LogP contribution in [0.15, 0.2) is 179 Å². The Morgan fingerprint density at radius 2 is 0.789 bits per heavy atom. The Labute approximate surface area is 415 Å². The molecule has 2 saturated carbocycles. The number of hydrogen-bond acceptors (Lipinski definition) is 4. The number of benzene rings is 10. The summed E-state index contributed by atoms with van der Waals surface area (Å²) in [5, 5.41) is 12.6. The number of nitrogens with zero attached hydrogens (tertiary/aromatic N) is 2. The standard InChI is InChI=1S/C67H58N2O2/c1-41-19-15-28-48-50-30-17-33-57(65(50)70-63(41)48)68(44-24-7-5-8-25-44)59-39-54(42-20-11-12-21-42)46-36-38-53-60(40-55(43-22-13-14-23-43)47-35-37-52(59)61(46)62(47)53)69(45-26-9-6-10-27-45)58-34-18-31-51-49-29-16-32-56(67(2,3)4)64(49)71-66(51)58/h5-10,15-19,24-40,42-43H,11-14,20-23H2,1-4H3. The van der Waals surface area contributed by atoms with Gasteiger partial charge in [0.25, 0.3) is 0 Å². The highest BCUT2D eigenvalue weighted by Crippen LogP contribution is 2.55. The van der Waals surface area contributed by atoms with E-state index in [1.54, 1.807) is 0 Å². The largest absolute Gasteiger partial charge is 0.454 e. The minimum absolute atomic E-state index is 0.0845. The number of hydrogen-bond donors (Lipinski definition) is 0. The van der Waals surface area contributed by atoms with Crippen molar-refractivity contribution in [3.05, 3.63) is 192 Å². The van der Waals surface area contributed by atoms with Crippen molar-refractivity contribution in [1.82, 2.24) is 0 Å². The fourth-order valence-electron chi connectivity index (χ4n) is 13.2. The summed E-state index contributed by atoms with van der Waals surface area (Å²) >= 11 is 0. The van der Waals surface area contributed by atoms with Crippen molar-refractivity contribution in [3.63, 3.8) is 0 Å². The van der Waals surface area contributed by atoms with Gasteiger partial charge in [0.15, 0.2) is 11.2 Å². The van der Waals surface area contributed by atoms with Crippen LogP contribution < -0.4 is 9.80 Å². The Balaban J connectivity index is 1.11. The molecule has 0 amide bonds. The predicted molar refractivity (Wildman–Crippen MR) is 300 cm³/mol. The van der Waals surface area contributed by atoms with E-state index in [1.165, 1.54) is 112 Å². The van der Waals surface area contributed by atoms with Crippen molar-refractivity contribution in [3.8, 4) is 0 Å². The first kappa shape index (κ1) is 42.3. The molecule has 0 spiro atoms. The molecule has 0 radical (unpaired) electrons. The lowest BCUT2D eigenvalue weighted by molar-refractivity contribution is 0.573. The van der Waals surface area contributed by atoms with E-state index < -0.39 is 0 Å². The van der Waals surface area contributed by atoms with Crippen molar-refractivity contribution < 1.29 is 8.83 Å². The number of furan rings is 2. The third kappa shape index (κ3) is 6.56. The summed E-state index contributed by atoms with van der Waals surface area (Å²) in [7, 11) is 0. The van der Waals surface area contributed by atoms with Gasteiger partial charge in [0, 0.05) is 49.3 Å². The smallest absolute Gasteiger partial charge is 0.159 e. The highest BCUT2D eigenvalue weighted by Gasteiger charge is 2.32. The molecule has 71 heavy (non-hydrogen) atoms. The summed E-state index contributed by atoms with van der Waals surface area (Å²) in [4.78, 5) is 5.03. The molecular formula is C67H58N2O2. The van der Waals surface area contributed by atoms with E-state index in [-0.39, 0.29) is 5.41 Å². The average molecular weight is 923 g/mol. The van der Waals surface area contributed by atoms with Crippen molar-refractivity contribution >= 4 is 110 Å². The molecule has 2 aliphatic carbocycles. The highest BCUT2D eigenvalue weighted by molar-refractivity contribution is 6.30. The van der Waals surface area contributed by atoms with Gasteiger partial charge in [-0.3, -0.25) is 0 Å². The second kappa shape index (κ2) is 16.2. The van der Waals surface area contributed by atoms with Gasteiger partial charge in [0.1, 0.15) is 11.2 Å². The minimum Gasteiger partial charge on any atom is -0.454 e. The van der Waals surface area contributed by atoms with Crippen molar-refractivity contribution in [2.45, 2.75) is 96.3 Å². The lowest BCUT2D eigenvalue weighted by Crippen LogP contribution is -2.13. The first-order valence-corrected chi connectivity index (χ1v) is 26.1. The molecule has 348 valence electrons. The van der Waals surface area contributed by atoms with Crippen LogP contribution in [0.1, 0.15) is 106 Å². The molecule has 0 atom stereocenters. The molecule has 0 aliphatic heterocycles. The van der Waals surface area contributed by atoms with Crippen LogP contribution in [0, 0.1) is 6.92 Å². The highest BCUT2D eigenvalue weighted by atomic mass is 16.3. The van der Waals surface area contributed by atoms with Gasteiger partial charge >= 0.3 is 0 Å². The summed E-state index contributed by atoms with van der Waals surface area (Å²) in [6.45, 7) is 9.00. The van der Waals surface area contributed by atoms with Gasteiger partial charge in [-0.05, 0) is 137 Å². The van der Waals surface area contributed by atoms with E-state index in [0.717, 1.165) is 72.2 Å². The molecule has 0 saturated heterocycles.